The van der Waals surface area contributed by atoms with E-state index in [-0.39, 0.29) is 24.2 Å². The highest BCUT2D eigenvalue weighted by Gasteiger charge is 2.26. The lowest BCUT2D eigenvalue weighted by Crippen LogP contribution is -2.23. The van der Waals surface area contributed by atoms with Gasteiger partial charge >= 0.3 is 0 Å². The van der Waals surface area contributed by atoms with E-state index in [2.05, 4.69) is 39.8 Å². The van der Waals surface area contributed by atoms with Crippen LogP contribution in [0, 0.1) is 26.6 Å². The fraction of sp³-hybridized carbons (Fsp3) is 0.296. The Morgan fingerprint density at radius 1 is 1.12 bits per heavy atom. The summed E-state index contributed by atoms with van der Waals surface area (Å²) in [6, 6.07) is 14.8. The maximum absolute atomic E-state index is 13.3. The van der Waals surface area contributed by atoms with Gasteiger partial charge in [0.1, 0.15) is 11.6 Å². The van der Waals surface area contributed by atoms with Gasteiger partial charge in [-0.15, -0.1) is 0 Å². The predicted molar refractivity (Wildman–Crippen MR) is 130 cm³/mol. The van der Waals surface area contributed by atoms with Crippen LogP contribution in [-0.2, 0) is 17.6 Å². The first-order valence-corrected chi connectivity index (χ1v) is 11.6. The molecule has 0 aliphatic heterocycles. The van der Waals surface area contributed by atoms with Gasteiger partial charge in [0.15, 0.2) is 0 Å². The van der Waals surface area contributed by atoms with Crippen molar-refractivity contribution >= 4 is 11.7 Å². The number of carbonyl (C=O) groups excluding carboxylic acids is 1. The third kappa shape index (κ3) is 4.02. The molecule has 1 atom stereocenters. The molecule has 0 saturated carbocycles. The number of halogens is 1. The van der Waals surface area contributed by atoms with Gasteiger partial charge < -0.3 is 5.32 Å². The van der Waals surface area contributed by atoms with Crippen molar-refractivity contribution < 1.29 is 9.18 Å². The zero-order chi connectivity index (χ0) is 23.8. The molecule has 4 aromatic rings. The molecule has 0 spiro atoms. The quantitative estimate of drug-likeness (QED) is 0.446. The minimum atomic E-state index is -0.294. The summed E-state index contributed by atoms with van der Waals surface area (Å²) in [5.74, 6) is 0.337. The first-order chi connectivity index (χ1) is 16.4. The average Bonchev–Trinajstić information content (AvgIpc) is 3.33. The van der Waals surface area contributed by atoms with Crippen LogP contribution >= 0.6 is 0 Å². The lowest BCUT2D eigenvalue weighted by atomic mass is 9.88. The van der Waals surface area contributed by atoms with Gasteiger partial charge in [0.25, 0.3) is 0 Å². The number of nitrogens with one attached hydrogen (secondary N) is 1. The Hall–Kier alpha value is -3.74. The molecule has 34 heavy (non-hydrogen) atoms. The summed E-state index contributed by atoms with van der Waals surface area (Å²) >= 11 is 0. The third-order valence-electron chi connectivity index (χ3n) is 6.72. The summed E-state index contributed by atoms with van der Waals surface area (Å²) in [5.41, 5.74) is 6.84. The average molecular weight is 458 g/mol. The van der Waals surface area contributed by atoms with Crippen molar-refractivity contribution in [2.45, 2.75) is 52.5 Å². The second kappa shape index (κ2) is 8.89. The van der Waals surface area contributed by atoms with Gasteiger partial charge in [-0.25, -0.2) is 13.8 Å². The maximum atomic E-state index is 13.3. The second-order valence-corrected chi connectivity index (χ2v) is 8.99. The summed E-state index contributed by atoms with van der Waals surface area (Å²) in [7, 11) is 0. The highest BCUT2D eigenvalue weighted by molar-refractivity contribution is 5.92. The molecule has 1 N–H and O–H groups in total. The lowest BCUT2D eigenvalue weighted by Gasteiger charge is -2.27. The van der Waals surface area contributed by atoms with Crippen LogP contribution in [0.5, 0.6) is 0 Å². The SMILES string of the molecule is Cc1cnn(C2CCCc3ccccc32)c1NC(=O)Cc1c(C)nn(-c2ccc(F)cc2)c1C. The molecule has 1 amide bonds. The van der Waals surface area contributed by atoms with Gasteiger partial charge in [-0.1, -0.05) is 24.3 Å². The fourth-order valence-electron chi connectivity index (χ4n) is 4.92. The number of aromatic nitrogens is 4. The van der Waals surface area contributed by atoms with E-state index >= 15 is 0 Å². The smallest absolute Gasteiger partial charge is 0.230 e. The summed E-state index contributed by atoms with van der Waals surface area (Å²) in [4.78, 5) is 13.2. The fourth-order valence-corrected chi connectivity index (χ4v) is 4.92. The molecule has 1 unspecified atom stereocenters. The normalized spacial score (nSPS) is 15.2. The number of benzene rings is 2. The zero-order valence-electron chi connectivity index (χ0n) is 19.7. The van der Waals surface area contributed by atoms with Crippen molar-refractivity contribution in [3.05, 3.63) is 94.2 Å². The van der Waals surface area contributed by atoms with Crippen molar-refractivity contribution in [3.63, 3.8) is 0 Å². The van der Waals surface area contributed by atoms with Crippen molar-refractivity contribution in [2.75, 3.05) is 5.32 Å². The predicted octanol–water partition coefficient (Wildman–Crippen LogP) is 5.24. The molecule has 0 radical (unpaired) electrons. The largest absolute Gasteiger partial charge is 0.310 e. The number of rotatable bonds is 5. The van der Waals surface area contributed by atoms with Crippen LogP contribution in [0.3, 0.4) is 0 Å². The molecule has 2 heterocycles. The van der Waals surface area contributed by atoms with Crippen molar-refractivity contribution in [3.8, 4) is 5.69 Å². The Bertz CT molecular complexity index is 1350. The van der Waals surface area contributed by atoms with Gasteiger partial charge in [-0.2, -0.15) is 10.2 Å². The zero-order valence-corrected chi connectivity index (χ0v) is 19.7. The number of hydrogen-bond acceptors (Lipinski definition) is 3. The van der Waals surface area contributed by atoms with Crippen LogP contribution in [0.25, 0.3) is 5.69 Å². The first-order valence-electron chi connectivity index (χ1n) is 11.6. The summed E-state index contributed by atoms with van der Waals surface area (Å²) in [6.45, 7) is 5.79. The van der Waals surface area contributed by atoms with Crippen LogP contribution < -0.4 is 5.32 Å². The summed E-state index contributed by atoms with van der Waals surface area (Å²) < 4.78 is 17.1. The topological polar surface area (TPSA) is 64.7 Å². The Labute approximate surface area is 198 Å². The molecule has 0 saturated heterocycles. The molecular formula is C27H28FN5O. The number of fused-ring (bicyclic) bond motifs is 1. The molecule has 7 heteroatoms. The van der Waals surface area contributed by atoms with E-state index in [4.69, 9.17) is 0 Å². The molecule has 0 bridgehead atoms. The van der Waals surface area contributed by atoms with Crippen molar-refractivity contribution in [1.29, 1.82) is 0 Å². The molecule has 1 aliphatic rings. The van der Waals surface area contributed by atoms with Crippen molar-refractivity contribution in [2.24, 2.45) is 0 Å². The number of aryl methyl sites for hydroxylation is 3. The number of nitrogens with zero attached hydrogens (tertiary/aromatic N) is 4. The minimum absolute atomic E-state index is 0.110. The van der Waals surface area contributed by atoms with Crippen LogP contribution in [0.15, 0.2) is 54.7 Å². The number of amides is 1. The van der Waals surface area contributed by atoms with E-state index in [0.717, 1.165) is 53.3 Å². The molecule has 5 rings (SSSR count). The van der Waals surface area contributed by atoms with E-state index < -0.39 is 0 Å². The van der Waals surface area contributed by atoms with Gasteiger partial charge in [0, 0.05) is 16.8 Å². The first kappa shape index (κ1) is 22.1. The van der Waals surface area contributed by atoms with E-state index in [1.807, 2.05) is 31.6 Å². The number of carbonyl (C=O) groups is 1. The molecule has 174 valence electrons. The Morgan fingerprint density at radius 2 is 1.88 bits per heavy atom. The monoisotopic (exact) mass is 457 g/mol. The van der Waals surface area contributed by atoms with Gasteiger partial charge in [-0.05, 0) is 75.4 Å². The highest BCUT2D eigenvalue weighted by Crippen LogP contribution is 2.35. The number of anilines is 1. The third-order valence-corrected chi connectivity index (χ3v) is 6.72. The molecule has 2 aromatic heterocycles. The van der Waals surface area contributed by atoms with E-state index in [9.17, 15) is 9.18 Å². The number of hydrogen-bond donors (Lipinski definition) is 1. The summed E-state index contributed by atoms with van der Waals surface area (Å²) in [5, 5.41) is 12.4. The van der Waals surface area contributed by atoms with E-state index in [1.54, 1.807) is 16.8 Å². The Balaban J connectivity index is 1.39. The van der Waals surface area contributed by atoms with Crippen LogP contribution in [0.2, 0.25) is 0 Å². The highest BCUT2D eigenvalue weighted by atomic mass is 19.1. The van der Waals surface area contributed by atoms with E-state index in [0.29, 0.717) is 0 Å². The molecule has 1 aliphatic carbocycles. The Morgan fingerprint density at radius 3 is 2.68 bits per heavy atom. The lowest BCUT2D eigenvalue weighted by molar-refractivity contribution is -0.115. The second-order valence-electron chi connectivity index (χ2n) is 8.99. The van der Waals surface area contributed by atoms with Crippen molar-refractivity contribution in [1.82, 2.24) is 19.6 Å². The maximum Gasteiger partial charge on any atom is 0.230 e. The summed E-state index contributed by atoms with van der Waals surface area (Å²) in [6.07, 6.45) is 5.17. The molecule has 0 fully saturated rings. The van der Waals surface area contributed by atoms with Crippen LogP contribution in [-0.4, -0.2) is 25.5 Å². The minimum Gasteiger partial charge on any atom is -0.310 e. The van der Waals surface area contributed by atoms with Gasteiger partial charge in [-0.3, -0.25) is 4.79 Å². The van der Waals surface area contributed by atoms with Crippen LogP contribution in [0.4, 0.5) is 10.2 Å². The van der Waals surface area contributed by atoms with Gasteiger partial charge in [0.2, 0.25) is 5.91 Å². The standard InChI is InChI=1S/C27H28FN5O/c1-17-16-29-33(25-10-6-8-20-7-4-5-9-23(20)25)27(17)30-26(34)15-24-18(2)31-32(19(24)3)22-13-11-21(28)12-14-22/h4-5,7,9,11-14,16,25H,6,8,10,15H2,1-3H3,(H,30,34). The van der Waals surface area contributed by atoms with Crippen LogP contribution in [0.1, 0.15) is 52.5 Å². The van der Waals surface area contributed by atoms with Gasteiger partial charge in [0.05, 0.1) is 30.0 Å². The molecule has 6 nitrogen and oxygen atoms in total. The molecular weight excluding hydrogens is 429 g/mol. The van der Waals surface area contributed by atoms with E-state index in [1.165, 1.54) is 23.3 Å². The molecule has 2 aromatic carbocycles. The Kier molecular flexibility index (Phi) is 5.77.